The van der Waals surface area contributed by atoms with Gasteiger partial charge in [-0.15, -0.1) is 0 Å². The van der Waals surface area contributed by atoms with E-state index in [0.29, 0.717) is 3.63 Å². The SMILES string of the molecule is Cc1cc2c(cc1C(C)(C)C)-c1cc(C(C)(C)C)c(C)c(C3=CC=CC3)c1[CH]2[Zr+2].[Cl-].[Cl-]. The van der Waals surface area contributed by atoms with Crippen molar-refractivity contribution in [2.75, 3.05) is 0 Å². The Labute approximate surface area is 216 Å². The molecule has 0 fully saturated rings. The van der Waals surface area contributed by atoms with Gasteiger partial charge in [0.05, 0.1) is 0 Å². The maximum absolute atomic E-state index is 2.53. The molecule has 31 heavy (non-hydrogen) atoms. The summed E-state index contributed by atoms with van der Waals surface area (Å²) < 4.78 is 0.532. The van der Waals surface area contributed by atoms with E-state index in [4.69, 9.17) is 0 Å². The summed E-state index contributed by atoms with van der Waals surface area (Å²) in [5.41, 5.74) is 15.3. The first-order valence-corrected chi connectivity index (χ1v) is 12.2. The minimum atomic E-state index is 0. The van der Waals surface area contributed by atoms with Crippen molar-refractivity contribution >= 4 is 5.57 Å². The van der Waals surface area contributed by atoms with Crippen molar-refractivity contribution in [3.63, 3.8) is 0 Å². The number of aryl methyl sites for hydroxylation is 1. The molecule has 1 unspecified atom stereocenters. The minimum absolute atomic E-state index is 0. The van der Waals surface area contributed by atoms with Gasteiger partial charge in [0.15, 0.2) is 0 Å². The zero-order valence-corrected chi connectivity index (χ0v) is 24.0. The van der Waals surface area contributed by atoms with Gasteiger partial charge in [0.2, 0.25) is 0 Å². The zero-order valence-electron chi connectivity index (χ0n) is 20.0. The van der Waals surface area contributed by atoms with Crippen LogP contribution in [-0.4, -0.2) is 0 Å². The average Bonchev–Trinajstić information content (AvgIpc) is 3.20. The Kier molecular flexibility index (Phi) is 7.70. The maximum atomic E-state index is 2.53. The van der Waals surface area contributed by atoms with Gasteiger partial charge >= 0.3 is 193 Å². The molecule has 0 aliphatic heterocycles. The van der Waals surface area contributed by atoms with E-state index in [-0.39, 0.29) is 35.6 Å². The molecule has 0 radical (unpaired) electrons. The minimum Gasteiger partial charge on any atom is -1.00 e. The summed E-state index contributed by atoms with van der Waals surface area (Å²) in [6, 6.07) is 7.54. The Bertz CT molecular complexity index is 1080. The van der Waals surface area contributed by atoms with Gasteiger partial charge in [0.25, 0.3) is 0 Å². The molecule has 0 amide bonds. The van der Waals surface area contributed by atoms with Crippen LogP contribution in [0.1, 0.15) is 90.5 Å². The molecule has 2 aliphatic rings. The van der Waals surface area contributed by atoms with E-state index < -0.39 is 0 Å². The fourth-order valence-electron chi connectivity index (χ4n) is 5.32. The van der Waals surface area contributed by atoms with E-state index in [1.54, 1.807) is 35.8 Å². The van der Waals surface area contributed by atoms with Gasteiger partial charge in [-0.2, -0.15) is 0 Å². The van der Waals surface area contributed by atoms with Crippen molar-refractivity contribution in [1.29, 1.82) is 0 Å². The van der Waals surface area contributed by atoms with Gasteiger partial charge in [-0.25, -0.2) is 0 Å². The topological polar surface area (TPSA) is 0 Å². The molecule has 0 spiro atoms. The molecule has 0 saturated heterocycles. The molecule has 2 aromatic rings. The third-order valence-corrected chi connectivity index (χ3v) is 8.10. The predicted molar refractivity (Wildman–Crippen MR) is 122 cm³/mol. The zero-order chi connectivity index (χ0) is 21.3. The van der Waals surface area contributed by atoms with Gasteiger partial charge in [0, 0.05) is 0 Å². The van der Waals surface area contributed by atoms with Gasteiger partial charge < -0.3 is 24.8 Å². The van der Waals surface area contributed by atoms with Crippen LogP contribution in [-0.2, 0) is 35.5 Å². The number of hydrogen-bond acceptors (Lipinski definition) is 0. The van der Waals surface area contributed by atoms with E-state index >= 15 is 0 Å². The molecule has 0 heterocycles. The second-order valence-electron chi connectivity index (χ2n) is 10.9. The van der Waals surface area contributed by atoms with Crippen molar-refractivity contribution in [1.82, 2.24) is 0 Å². The summed E-state index contributed by atoms with van der Waals surface area (Å²) in [7, 11) is 0. The van der Waals surface area contributed by atoms with Crippen LogP contribution in [0.25, 0.3) is 16.7 Å². The van der Waals surface area contributed by atoms with Crippen molar-refractivity contribution < 1.29 is 49.5 Å². The molecule has 0 aromatic heterocycles. The van der Waals surface area contributed by atoms with Crippen LogP contribution in [0.3, 0.4) is 0 Å². The van der Waals surface area contributed by atoms with Crippen LogP contribution in [0.2, 0.25) is 0 Å². The van der Waals surface area contributed by atoms with E-state index in [1.807, 2.05) is 0 Å². The fraction of sp³-hybridized carbons (Fsp3) is 0.429. The third kappa shape index (κ3) is 4.45. The summed E-state index contributed by atoms with van der Waals surface area (Å²) >= 11 is 1.59. The van der Waals surface area contributed by atoms with Crippen LogP contribution in [0, 0.1) is 13.8 Å². The van der Waals surface area contributed by atoms with Gasteiger partial charge in [-0.3, -0.25) is 0 Å². The molecule has 163 valence electrons. The third-order valence-electron chi connectivity index (χ3n) is 6.62. The number of allylic oxidation sites excluding steroid dienone is 4. The molecule has 2 aromatic carbocycles. The second kappa shape index (κ2) is 8.97. The van der Waals surface area contributed by atoms with Crippen molar-refractivity contribution in [2.45, 2.75) is 76.3 Å². The second-order valence-corrected chi connectivity index (χ2v) is 12.3. The smallest absolute Gasteiger partial charge is 1.00 e. The standard InChI is InChI=1S/C28H33.2ClH.Zr/c1-17-13-20-14-23-22(21(20)15-24(17)27(3,4)5)16-25(28(6,7)8)18(2)26(23)19-11-9-10-12-19;;;/h9-11,13-16H,12H2,1-8H3;2*1H;/q;;;+2/p-2. The molecule has 0 N–H and O–H groups in total. The Balaban J connectivity index is 0.00000171. The predicted octanol–water partition coefficient (Wildman–Crippen LogP) is 1.87. The largest absolute Gasteiger partial charge is 1.00 e. The van der Waals surface area contributed by atoms with Crippen molar-refractivity contribution in [3.05, 3.63) is 75.4 Å². The molecular weight excluding hydrogens is 498 g/mol. The fourth-order valence-corrected chi connectivity index (χ4v) is 6.64. The molecular formula is C28H33Cl2Zr. The van der Waals surface area contributed by atoms with Gasteiger partial charge in [-0.05, 0) is 0 Å². The molecule has 0 bridgehead atoms. The molecule has 0 saturated carbocycles. The van der Waals surface area contributed by atoms with Crippen molar-refractivity contribution in [2.24, 2.45) is 0 Å². The van der Waals surface area contributed by atoms with Gasteiger partial charge in [-0.1, -0.05) is 0 Å². The normalized spacial score (nSPS) is 17.0. The number of rotatable bonds is 1. The maximum Gasteiger partial charge on any atom is -1.00 e. The first-order chi connectivity index (χ1) is 13.4. The number of fused-ring (bicyclic) bond motifs is 3. The Morgan fingerprint density at radius 2 is 1.42 bits per heavy atom. The Morgan fingerprint density at radius 1 is 0.839 bits per heavy atom. The summed E-state index contributed by atoms with van der Waals surface area (Å²) in [6.45, 7) is 18.7. The average molecular weight is 532 g/mol. The van der Waals surface area contributed by atoms with Crippen LogP contribution in [0.5, 0.6) is 0 Å². The first kappa shape index (κ1) is 26.6. The molecule has 2 aliphatic carbocycles. The number of halogens is 2. The summed E-state index contributed by atoms with van der Waals surface area (Å²) in [5, 5.41) is 0. The van der Waals surface area contributed by atoms with Crippen molar-refractivity contribution in [3.8, 4) is 11.1 Å². The van der Waals surface area contributed by atoms with Crippen LogP contribution < -0.4 is 24.8 Å². The van der Waals surface area contributed by atoms with Crippen LogP contribution in [0.15, 0.2) is 36.4 Å². The van der Waals surface area contributed by atoms with E-state index in [1.165, 1.54) is 44.5 Å². The van der Waals surface area contributed by atoms with E-state index in [0.717, 1.165) is 6.42 Å². The summed E-state index contributed by atoms with van der Waals surface area (Å²) in [6.07, 6.45) is 7.93. The Morgan fingerprint density at radius 3 is 1.94 bits per heavy atom. The molecule has 0 nitrogen and oxygen atoms in total. The van der Waals surface area contributed by atoms with E-state index in [9.17, 15) is 0 Å². The van der Waals surface area contributed by atoms with E-state index in [2.05, 4.69) is 91.8 Å². The first-order valence-electron chi connectivity index (χ1n) is 10.8. The van der Waals surface area contributed by atoms with Crippen LogP contribution >= 0.6 is 0 Å². The van der Waals surface area contributed by atoms with Crippen LogP contribution in [0.4, 0.5) is 0 Å². The van der Waals surface area contributed by atoms with Gasteiger partial charge in [0.1, 0.15) is 0 Å². The summed E-state index contributed by atoms with van der Waals surface area (Å²) in [4.78, 5) is 0. The quantitative estimate of drug-likeness (QED) is 0.527. The molecule has 4 rings (SSSR count). The number of hydrogen-bond donors (Lipinski definition) is 0. The Hall–Kier alpha value is -0.617. The monoisotopic (exact) mass is 529 g/mol. The molecule has 3 heteroatoms. The number of benzene rings is 2. The summed E-state index contributed by atoms with van der Waals surface area (Å²) in [5.74, 6) is 0. The molecule has 1 atom stereocenters.